The molecular weight excluding hydrogens is 382 g/mol. The second kappa shape index (κ2) is 8.41. The van der Waals surface area contributed by atoms with Crippen molar-refractivity contribution in [2.75, 3.05) is 12.4 Å². The summed E-state index contributed by atoms with van der Waals surface area (Å²) < 4.78 is 4.89. The first kappa shape index (κ1) is 19.7. The minimum absolute atomic E-state index is 0.0108. The van der Waals surface area contributed by atoms with Crippen molar-refractivity contribution in [3.63, 3.8) is 0 Å². The van der Waals surface area contributed by atoms with Gasteiger partial charge in [-0.25, -0.2) is 4.79 Å². The SMILES string of the molecule is COC(=O)C(Cc1c[nH]c2ccccc12)NC(=O)c1ccc(NC(=O)C2CC2)cc1. The van der Waals surface area contributed by atoms with Crippen LogP contribution in [0, 0.1) is 5.92 Å². The maximum atomic E-state index is 12.7. The Balaban J connectivity index is 1.45. The van der Waals surface area contributed by atoms with Crippen molar-refractivity contribution in [1.82, 2.24) is 10.3 Å². The van der Waals surface area contributed by atoms with E-state index < -0.39 is 12.0 Å². The van der Waals surface area contributed by atoms with Gasteiger partial charge in [-0.05, 0) is 48.7 Å². The Morgan fingerprint density at radius 2 is 1.83 bits per heavy atom. The van der Waals surface area contributed by atoms with Crippen LogP contribution in [0.2, 0.25) is 0 Å². The lowest BCUT2D eigenvalue weighted by atomic mass is 10.0. The molecule has 0 aliphatic heterocycles. The number of methoxy groups -OCH3 is 1. The quantitative estimate of drug-likeness (QED) is 0.526. The van der Waals surface area contributed by atoms with E-state index in [-0.39, 0.29) is 17.7 Å². The Kier molecular flexibility index (Phi) is 5.52. The van der Waals surface area contributed by atoms with E-state index in [2.05, 4.69) is 15.6 Å². The molecule has 154 valence electrons. The third-order valence-electron chi connectivity index (χ3n) is 5.25. The summed E-state index contributed by atoms with van der Waals surface area (Å²) in [5, 5.41) is 6.59. The molecule has 1 heterocycles. The lowest BCUT2D eigenvalue weighted by molar-refractivity contribution is -0.142. The van der Waals surface area contributed by atoms with Gasteiger partial charge in [-0.15, -0.1) is 0 Å². The van der Waals surface area contributed by atoms with Crippen LogP contribution in [-0.2, 0) is 20.7 Å². The first-order chi connectivity index (χ1) is 14.5. The van der Waals surface area contributed by atoms with Crippen molar-refractivity contribution in [1.29, 1.82) is 0 Å². The van der Waals surface area contributed by atoms with Crippen LogP contribution >= 0.6 is 0 Å². The summed E-state index contributed by atoms with van der Waals surface area (Å²) in [7, 11) is 1.30. The first-order valence-electron chi connectivity index (χ1n) is 9.90. The fourth-order valence-electron chi connectivity index (χ4n) is 3.39. The lowest BCUT2D eigenvalue weighted by Gasteiger charge is -2.16. The molecule has 1 saturated carbocycles. The van der Waals surface area contributed by atoms with Gasteiger partial charge in [0.2, 0.25) is 5.91 Å². The molecular formula is C23H23N3O4. The number of hydrogen-bond donors (Lipinski definition) is 3. The summed E-state index contributed by atoms with van der Waals surface area (Å²) >= 11 is 0. The number of nitrogens with one attached hydrogen (secondary N) is 3. The monoisotopic (exact) mass is 405 g/mol. The van der Waals surface area contributed by atoms with Crippen LogP contribution in [0.4, 0.5) is 5.69 Å². The topological polar surface area (TPSA) is 100 Å². The van der Waals surface area contributed by atoms with Gasteiger partial charge in [0, 0.05) is 40.7 Å². The Morgan fingerprint density at radius 1 is 1.10 bits per heavy atom. The predicted octanol–water partition coefficient (Wildman–Crippen LogP) is 3.03. The maximum absolute atomic E-state index is 12.7. The molecule has 3 aromatic rings. The zero-order chi connectivity index (χ0) is 21.1. The van der Waals surface area contributed by atoms with Gasteiger partial charge in [0.25, 0.3) is 5.91 Å². The van der Waals surface area contributed by atoms with Gasteiger partial charge >= 0.3 is 5.97 Å². The highest BCUT2D eigenvalue weighted by Crippen LogP contribution is 2.30. The smallest absolute Gasteiger partial charge is 0.328 e. The third-order valence-corrected chi connectivity index (χ3v) is 5.25. The number of aromatic nitrogens is 1. The van der Waals surface area contributed by atoms with Crippen LogP contribution in [0.3, 0.4) is 0 Å². The van der Waals surface area contributed by atoms with Crippen molar-refractivity contribution < 1.29 is 19.1 Å². The minimum Gasteiger partial charge on any atom is -0.467 e. The van der Waals surface area contributed by atoms with E-state index in [1.54, 1.807) is 24.3 Å². The number of benzene rings is 2. The maximum Gasteiger partial charge on any atom is 0.328 e. The molecule has 0 bridgehead atoms. The molecule has 0 saturated heterocycles. The van der Waals surface area contributed by atoms with Gasteiger partial charge in [0.1, 0.15) is 6.04 Å². The van der Waals surface area contributed by atoms with Crippen molar-refractivity contribution >= 4 is 34.4 Å². The van der Waals surface area contributed by atoms with Gasteiger partial charge in [-0.2, -0.15) is 0 Å². The molecule has 4 rings (SSSR count). The standard InChI is InChI=1S/C23H23N3O4/c1-30-23(29)20(12-16-13-24-19-5-3-2-4-18(16)19)26-22(28)15-8-10-17(11-9-15)25-21(27)14-6-7-14/h2-5,8-11,13-14,20,24H,6-7,12H2,1H3,(H,25,27)(H,26,28). The van der Waals surface area contributed by atoms with Crippen molar-refractivity contribution in [2.24, 2.45) is 5.92 Å². The number of rotatable bonds is 7. The molecule has 2 amide bonds. The second-order valence-corrected chi connectivity index (χ2v) is 7.45. The van der Waals surface area contributed by atoms with Gasteiger partial charge < -0.3 is 20.4 Å². The number of H-pyrrole nitrogens is 1. The molecule has 1 fully saturated rings. The van der Waals surface area contributed by atoms with Gasteiger partial charge in [0.05, 0.1) is 7.11 Å². The van der Waals surface area contributed by atoms with E-state index in [4.69, 9.17) is 4.74 Å². The summed E-state index contributed by atoms with van der Waals surface area (Å²) in [5.41, 5.74) is 2.92. The molecule has 2 aromatic carbocycles. The Hall–Kier alpha value is -3.61. The van der Waals surface area contributed by atoms with Crippen LogP contribution in [-0.4, -0.2) is 35.9 Å². The fraction of sp³-hybridized carbons (Fsp3) is 0.261. The van der Waals surface area contributed by atoms with E-state index in [0.29, 0.717) is 17.7 Å². The zero-order valence-electron chi connectivity index (χ0n) is 16.6. The molecule has 7 heteroatoms. The number of amides is 2. The molecule has 1 atom stereocenters. The van der Waals surface area contributed by atoms with Gasteiger partial charge in [0.15, 0.2) is 0 Å². The van der Waals surface area contributed by atoms with Gasteiger partial charge in [-0.3, -0.25) is 9.59 Å². The molecule has 0 spiro atoms. The molecule has 0 radical (unpaired) electrons. The Bertz CT molecular complexity index is 1080. The van der Waals surface area contributed by atoms with Crippen LogP contribution in [0.15, 0.2) is 54.7 Å². The molecule has 1 aliphatic rings. The number of esters is 1. The lowest BCUT2D eigenvalue weighted by Crippen LogP contribution is -2.43. The van der Waals surface area contributed by atoms with Crippen LogP contribution in [0.1, 0.15) is 28.8 Å². The predicted molar refractivity (Wildman–Crippen MR) is 113 cm³/mol. The van der Waals surface area contributed by atoms with E-state index in [0.717, 1.165) is 29.3 Å². The highest BCUT2D eigenvalue weighted by atomic mass is 16.5. The van der Waals surface area contributed by atoms with E-state index in [1.165, 1.54) is 7.11 Å². The number of carbonyl (C=O) groups is 3. The van der Waals surface area contributed by atoms with Crippen LogP contribution in [0.5, 0.6) is 0 Å². The summed E-state index contributed by atoms with van der Waals surface area (Å²) in [4.78, 5) is 40.0. The van der Waals surface area contributed by atoms with Gasteiger partial charge in [-0.1, -0.05) is 18.2 Å². The largest absolute Gasteiger partial charge is 0.467 e. The molecule has 3 N–H and O–H groups in total. The number of carbonyl (C=O) groups excluding carboxylic acids is 3. The van der Waals surface area contributed by atoms with E-state index in [9.17, 15) is 14.4 Å². The Morgan fingerprint density at radius 3 is 2.53 bits per heavy atom. The van der Waals surface area contributed by atoms with E-state index >= 15 is 0 Å². The highest BCUT2D eigenvalue weighted by Gasteiger charge is 2.29. The molecule has 1 unspecified atom stereocenters. The normalized spacial score (nSPS) is 14.2. The van der Waals surface area contributed by atoms with Crippen LogP contribution in [0.25, 0.3) is 10.9 Å². The summed E-state index contributed by atoms with van der Waals surface area (Å²) in [6.07, 6.45) is 4.00. The van der Waals surface area contributed by atoms with Crippen molar-refractivity contribution in [3.8, 4) is 0 Å². The highest BCUT2D eigenvalue weighted by molar-refractivity contribution is 5.98. The van der Waals surface area contributed by atoms with Crippen LogP contribution < -0.4 is 10.6 Å². The molecule has 1 aromatic heterocycles. The number of ether oxygens (including phenoxy) is 1. The first-order valence-corrected chi connectivity index (χ1v) is 9.90. The third kappa shape index (κ3) is 4.35. The number of aromatic amines is 1. The summed E-state index contributed by atoms with van der Waals surface area (Å²) in [6.45, 7) is 0. The molecule has 7 nitrogen and oxygen atoms in total. The molecule has 30 heavy (non-hydrogen) atoms. The molecule has 1 aliphatic carbocycles. The van der Waals surface area contributed by atoms with E-state index in [1.807, 2.05) is 30.5 Å². The number of fused-ring (bicyclic) bond motifs is 1. The number of para-hydroxylation sites is 1. The second-order valence-electron chi connectivity index (χ2n) is 7.45. The zero-order valence-corrected chi connectivity index (χ0v) is 16.6. The average Bonchev–Trinajstić information content (AvgIpc) is 3.55. The number of anilines is 1. The Labute approximate surface area is 173 Å². The summed E-state index contributed by atoms with van der Waals surface area (Å²) in [6, 6.07) is 13.6. The minimum atomic E-state index is -0.823. The average molecular weight is 405 g/mol. The van der Waals surface area contributed by atoms with Crippen molar-refractivity contribution in [2.45, 2.75) is 25.3 Å². The fourth-order valence-corrected chi connectivity index (χ4v) is 3.39. The summed E-state index contributed by atoms with van der Waals surface area (Å²) in [5.74, 6) is -0.776. The number of hydrogen-bond acceptors (Lipinski definition) is 4. The van der Waals surface area contributed by atoms with Crippen molar-refractivity contribution in [3.05, 3.63) is 65.9 Å².